The molecule has 16 heavy (non-hydrogen) atoms. The van der Waals surface area contributed by atoms with Gasteiger partial charge in [0.1, 0.15) is 0 Å². The van der Waals surface area contributed by atoms with Crippen molar-refractivity contribution in [2.75, 3.05) is 6.54 Å². The van der Waals surface area contributed by atoms with Gasteiger partial charge in [0.25, 0.3) is 0 Å². The Balaban J connectivity index is 2.05. The number of aryl methyl sites for hydroxylation is 2. The van der Waals surface area contributed by atoms with Gasteiger partial charge in [-0.25, -0.2) is 0 Å². The number of hydrogen-bond acceptors (Lipinski definition) is 1. The van der Waals surface area contributed by atoms with Crippen LogP contribution >= 0.6 is 0 Å². The zero-order chi connectivity index (χ0) is 11.5. The maximum atomic E-state index is 5.72. The van der Waals surface area contributed by atoms with Crippen molar-refractivity contribution in [3.63, 3.8) is 0 Å². The average Bonchev–Trinajstić information content (AvgIpc) is 2.75. The van der Waals surface area contributed by atoms with Gasteiger partial charge in [-0.1, -0.05) is 32.0 Å². The molecule has 88 valence electrons. The van der Waals surface area contributed by atoms with Crippen LogP contribution in [-0.2, 0) is 19.3 Å². The lowest BCUT2D eigenvalue weighted by Crippen LogP contribution is -2.20. The molecule has 2 rings (SSSR count). The predicted octanol–water partition coefficient (Wildman–Crippen LogP) is 2.95. The largest absolute Gasteiger partial charge is 0.330 e. The Hall–Kier alpha value is -0.820. The van der Waals surface area contributed by atoms with Crippen LogP contribution in [0.25, 0.3) is 0 Å². The van der Waals surface area contributed by atoms with Crippen LogP contribution in [0.5, 0.6) is 0 Å². The fourth-order valence-corrected chi connectivity index (χ4v) is 2.56. The summed E-state index contributed by atoms with van der Waals surface area (Å²) >= 11 is 0. The lowest BCUT2D eigenvalue weighted by atomic mass is 9.89. The molecule has 1 heteroatoms. The Morgan fingerprint density at radius 3 is 2.62 bits per heavy atom. The minimum atomic E-state index is 0.619. The second-order valence-corrected chi connectivity index (χ2v) is 5.35. The molecule has 0 aromatic heterocycles. The Morgan fingerprint density at radius 1 is 1.12 bits per heavy atom. The third-order valence-electron chi connectivity index (χ3n) is 4.06. The van der Waals surface area contributed by atoms with Crippen LogP contribution in [0.1, 0.15) is 37.0 Å². The monoisotopic (exact) mass is 217 g/mol. The van der Waals surface area contributed by atoms with Gasteiger partial charge >= 0.3 is 0 Å². The van der Waals surface area contributed by atoms with Crippen LogP contribution in [0.2, 0.25) is 0 Å². The fourth-order valence-electron chi connectivity index (χ4n) is 2.56. The van der Waals surface area contributed by atoms with E-state index < -0.39 is 0 Å². The van der Waals surface area contributed by atoms with Crippen molar-refractivity contribution in [3.05, 3.63) is 34.9 Å². The highest BCUT2D eigenvalue weighted by Crippen LogP contribution is 2.25. The van der Waals surface area contributed by atoms with Gasteiger partial charge in [-0.05, 0) is 60.8 Å². The van der Waals surface area contributed by atoms with Crippen LogP contribution in [0.15, 0.2) is 18.2 Å². The fraction of sp³-hybridized carbons (Fsp3) is 0.600. The van der Waals surface area contributed by atoms with Gasteiger partial charge in [0.2, 0.25) is 0 Å². The smallest absolute Gasteiger partial charge is 0.00488 e. The zero-order valence-corrected chi connectivity index (χ0v) is 10.5. The van der Waals surface area contributed by atoms with E-state index in [0.29, 0.717) is 11.8 Å². The van der Waals surface area contributed by atoms with Crippen LogP contribution in [0.4, 0.5) is 0 Å². The molecule has 0 aliphatic heterocycles. The quantitative estimate of drug-likeness (QED) is 0.824. The molecular weight excluding hydrogens is 194 g/mol. The number of nitrogens with two attached hydrogens (primary N) is 1. The van der Waals surface area contributed by atoms with Crippen molar-refractivity contribution in [2.24, 2.45) is 17.6 Å². The first-order chi connectivity index (χ1) is 7.70. The maximum Gasteiger partial charge on any atom is -0.00488 e. The van der Waals surface area contributed by atoms with Crippen molar-refractivity contribution in [1.29, 1.82) is 0 Å². The molecule has 0 saturated heterocycles. The molecule has 2 unspecified atom stereocenters. The Morgan fingerprint density at radius 2 is 1.88 bits per heavy atom. The SMILES string of the molecule is CC(CN)C(C)Cc1ccc2c(c1)CCC2. The summed E-state index contributed by atoms with van der Waals surface area (Å²) in [5.74, 6) is 1.30. The van der Waals surface area contributed by atoms with E-state index in [1.165, 1.54) is 31.2 Å². The second kappa shape index (κ2) is 5.01. The maximum absolute atomic E-state index is 5.72. The van der Waals surface area contributed by atoms with Gasteiger partial charge in [0.15, 0.2) is 0 Å². The van der Waals surface area contributed by atoms with Gasteiger partial charge in [0, 0.05) is 0 Å². The summed E-state index contributed by atoms with van der Waals surface area (Å²) in [6, 6.07) is 7.06. The van der Waals surface area contributed by atoms with Crippen molar-refractivity contribution >= 4 is 0 Å². The summed E-state index contributed by atoms with van der Waals surface area (Å²) in [5, 5.41) is 0. The number of rotatable bonds is 4. The standard InChI is InChI=1S/C15H23N/c1-11(12(2)10-16)8-13-6-7-14-4-3-5-15(14)9-13/h6-7,9,11-12H,3-5,8,10,16H2,1-2H3. The first-order valence-corrected chi connectivity index (χ1v) is 6.51. The predicted molar refractivity (Wildman–Crippen MR) is 69.6 cm³/mol. The summed E-state index contributed by atoms with van der Waals surface area (Å²) < 4.78 is 0. The van der Waals surface area contributed by atoms with Crippen LogP contribution in [0, 0.1) is 11.8 Å². The van der Waals surface area contributed by atoms with Gasteiger partial charge in [-0.2, -0.15) is 0 Å². The third kappa shape index (κ3) is 2.46. The van der Waals surface area contributed by atoms with E-state index in [2.05, 4.69) is 32.0 Å². The molecule has 2 atom stereocenters. The van der Waals surface area contributed by atoms with Gasteiger partial charge < -0.3 is 5.73 Å². The molecule has 0 radical (unpaired) electrons. The number of hydrogen-bond donors (Lipinski definition) is 1. The summed E-state index contributed by atoms with van der Waals surface area (Å²) in [6.45, 7) is 5.36. The molecule has 1 nitrogen and oxygen atoms in total. The highest BCUT2D eigenvalue weighted by molar-refractivity contribution is 5.35. The lowest BCUT2D eigenvalue weighted by molar-refractivity contribution is 0.394. The van der Waals surface area contributed by atoms with Crippen LogP contribution in [0.3, 0.4) is 0 Å². The molecule has 1 aliphatic carbocycles. The Kier molecular flexibility index (Phi) is 3.65. The Bertz CT molecular complexity index is 356. The summed E-state index contributed by atoms with van der Waals surface area (Å²) in [5.41, 5.74) is 10.4. The van der Waals surface area contributed by atoms with E-state index >= 15 is 0 Å². The van der Waals surface area contributed by atoms with Crippen LogP contribution < -0.4 is 5.73 Å². The highest BCUT2D eigenvalue weighted by Gasteiger charge is 2.14. The number of benzene rings is 1. The van der Waals surface area contributed by atoms with Gasteiger partial charge in [0.05, 0.1) is 0 Å². The molecule has 1 aromatic carbocycles. The lowest BCUT2D eigenvalue weighted by Gasteiger charge is -2.18. The van der Waals surface area contributed by atoms with E-state index in [1.807, 2.05) is 0 Å². The molecule has 0 spiro atoms. The van der Waals surface area contributed by atoms with Gasteiger partial charge in [-0.3, -0.25) is 0 Å². The normalized spacial score (nSPS) is 18.2. The number of fused-ring (bicyclic) bond motifs is 1. The molecule has 0 saturated carbocycles. The summed E-state index contributed by atoms with van der Waals surface area (Å²) in [7, 11) is 0. The first-order valence-electron chi connectivity index (χ1n) is 6.51. The van der Waals surface area contributed by atoms with E-state index in [0.717, 1.165) is 6.54 Å². The summed E-state index contributed by atoms with van der Waals surface area (Å²) in [6.07, 6.45) is 5.08. The molecule has 0 heterocycles. The van der Waals surface area contributed by atoms with E-state index in [1.54, 1.807) is 11.1 Å². The van der Waals surface area contributed by atoms with E-state index in [4.69, 9.17) is 5.73 Å². The average molecular weight is 217 g/mol. The van der Waals surface area contributed by atoms with Crippen LogP contribution in [-0.4, -0.2) is 6.54 Å². The molecular formula is C15H23N. The van der Waals surface area contributed by atoms with Crippen molar-refractivity contribution in [2.45, 2.75) is 39.5 Å². The molecule has 0 amide bonds. The second-order valence-electron chi connectivity index (χ2n) is 5.35. The minimum absolute atomic E-state index is 0.619. The molecule has 0 fully saturated rings. The van der Waals surface area contributed by atoms with E-state index in [-0.39, 0.29) is 0 Å². The third-order valence-corrected chi connectivity index (χ3v) is 4.06. The first kappa shape index (κ1) is 11.7. The zero-order valence-electron chi connectivity index (χ0n) is 10.5. The van der Waals surface area contributed by atoms with E-state index in [9.17, 15) is 0 Å². The van der Waals surface area contributed by atoms with Crippen molar-refractivity contribution in [3.8, 4) is 0 Å². The van der Waals surface area contributed by atoms with Gasteiger partial charge in [-0.15, -0.1) is 0 Å². The molecule has 1 aliphatic rings. The van der Waals surface area contributed by atoms with Crippen molar-refractivity contribution < 1.29 is 0 Å². The highest BCUT2D eigenvalue weighted by atomic mass is 14.5. The topological polar surface area (TPSA) is 26.0 Å². The van der Waals surface area contributed by atoms with Crippen molar-refractivity contribution in [1.82, 2.24) is 0 Å². The molecule has 2 N–H and O–H groups in total. The molecule has 1 aromatic rings. The summed E-state index contributed by atoms with van der Waals surface area (Å²) in [4.78, 5) is 0. The minimum Gasteiger partial charge on any atom is -0.330 e. The Labute approximate surface area is 99.0 Å². The molecule has 0 bridgehead atoms.